The van der Waals surface area contributed by atoms with Crippen molar-refractivity contribution >= 4 is 22.9 Å². The fraction of sp³-hybridized carbons (Fsp3) is 0.261. The maximum atomic E-state index is 10.6. The Morgan fingerprint density at radius 3 is 2.50 bits per heavy atom. The van der Waals surface area contributed by atoms with Gasteiger partial charge in [-0.15, -0.1) is 0 Å². The van der Waals surface area contributed by atoms with Crippen molar-refractivity contribution in [2.45, 2.75) is 31.1 Å². The van der Waals surface area contributed by atoms with Crippen LogP contribution in [0.5, 0.6) is 5.75 Å². The number of aromatic hydroxyl groups is 1. The molecule has 0 spiro atoms. The van der Waals surface area contributed by atoms with Crippen LogP contribution >= 0.6 is 0 Å². The lowest BCUT2D eigenvalue weighted by Gasteiger charge is -2.19. The van der Waals surface area contributed by atoms with Crippen molar-refractivity contribution in [3.63, 3.8) is 0 Å². The number of imidazole rings is 1. The molecule has 1 aliphatic rings. The molecule has 2 aromatic carbocycles. The van der Waals surface area contributed by atoms with E-state index in [1.54, 1.807) is 12.1 Å². The molecule has 0 unspecified atom stereocenters. The molecule has 4 atom stereocenters. The standard InChI is InChI=1S/C23H24N6O5/c24-20-17-21(27-11-26-20)29(22-19(33)18(32)16(10-30)34-22)23(28-17)25-9-12-5-7-13(8-6-12)14-3-1-2-4-15(14)31/h1-8,11,16,18-19,22,30-33H,9-10H2,(H,25,28)(H2,24,26,27)/t16-,18-,19-,22-/m1/s1. The van der Waals surface area contributed by atoms with Crippen LogP contribution in [0.2, 0.25) is 0 Å². The molecule has 34 heavy (non-hydrogen) atoms. The predicted octanol–water partition coefficient (Wildman–Crippen LogP) is 1.00. The highest BCUT2D eigenvalue weighted by Gasteiger charge is 2.45. The highest BCUT2D eigenvalue weighted by atomic mass is 16.6. The minimum Gasteiger partial charge on any atom is -0.507 e. The second-order valence-electron chi connectivity index (χ2n) is 8.03. The summed E-state index contributed by atoms with van der Waals surface area (Å²) in [5.74, 6) is 0.673. The molecule has 0 bridgehead atoms. The molecule has 11 heteroatoms. The van der Waals surface area contributed by atoms with Crippen LogP contribution in [0.3, 0.4) is 0 Å². The van der Waals surface area contributed by atoms with Crippen LogP contribution < -0.4 is 11.1 Å². The molecule has 176 valence electrons. The van der Waals surface area contributed by atoms with Crippen molar-refractivity contribution in [3.8, 4) is 16.9 Å². The van der Waals surface area contributed by atoms with Gasteiger partial charge in [-0.05, 0) is 17.2 Å². The number of anilines is 2. The number of hydrogen-bond donors (Lipinski definition) is 6. The van der Waals surface area contributed by atoms with E-state index in [4.69, 9.17) is 10.5 Å². The van der Waals surface area contributed by atoms with E-state index in [1.165, 1.54) is 10.9 Å². The molecule has 0 aliphatic carbocycles. The third-order valence-electron chi connectivity index (χ3n) is 5.90. The van der Waals surface area contributed by atoms with Gasteiger partial charge in [0.25, 0.3) is 0 Å². The number of aromatic nitrogens is 4. The normalized spacial score (nSPS) is 22.3. The van der Waals surface area contributed by atoms with E-state index in [2.05, 4.69) is 20.3 Å². The number of benzene rings is 2. The maximum Gasteiger partial charge on any atom is 0.207 e. The highest BCUT2D eigenvalue weighted by molar-refractivity contribution is 5.84. The third-order valence-corrected chi connectivity index (χ3v) is 5.90. The first-order valence-corrected chi connectivity index (χ1v) is 10.7. The number of nitrogens with two attached hydrogens (primary N) is 1. The molecule has 0 radical (unpaired) electrons. The Hall–Kier alpha value is -3.77. The Morgan fingerprint density at radius 1 is 1.03 bits per heavy atom. The largest absolute Gasteiger partial charge is 0.507 e. The number of nitrogens with one attached hydrogen (secondary N) is 1. The Kier molecular flexibility index (Phi) is 5.75. The fourth-order valence-corrected chi connectivity index (χ4v) is 4.09. The molecule has 1 aliphatic heterocycles. The fourth-order valence-electron chi connectivity index (χ4n) is 4.09. The number of para-hydroxylation sites is 1. The molecule has 4 aromatic rings. The maximum absolute atomic E-state index is 10.6. The highest BCUT2D eigenvalue weighted by Crippen LogP contribution is 2.35. The molecule has 1 saturated heterocycles. The summed E-state index contributed by atoms with van der Waals surface area (Å²) in [4.78, 5) is 12.7. The van der Waals surface area contributed by atoms with Crippen LogP contribution in [0.1, 0.15) is 11.8 Å². The predicted molar refractivity (Wildman–Crippen MR) is 124 cm³/mol. The van der Waals surface area contributed by atoms with Crippen molar-refractivity contribution < 1.29 is 25.2 Å². The SMILES string of the molecule is Nc1ncnc2c1nc(NCc1ccc(-c3ccccc3O)cc1)n2[C@@H]1O[C@H](CO)[C@@H](O)[C@H]1O. The average molecular weight is 464 g/mol. The monoisotopic (exact) mass is 464 g/mol. The average Bonchev–Trinajstić information content (AvgIpc) is 3.36. The van der Waals surface area contributed by atoms with Crippen LogP contribution in [0.15, 0.2) is 54.9 Å². The molecule has 3 heterocycles. The molecule has 5 rings (SSSR count). The first kappa shape index (κ1) is 22.0. The van der Waals surface area contributed by atoms with Crippen molar-refractivity contribution in [1.29, 1.82) is 0 Å². The number of ether oxygens (including phenoxy) is 1. The Labute approximate surface area is 194 Å². The van der Waals surface area contributed by atoms with Gasteiger partial charge in [-0.25, -0.2) is 15.0 Å². The van der Waals surface area contributed by atoms with E-state index < -0.39 is 31.1 Å². The van der Waals surface area contributed by atoms with Crippen LogP contribution in [0, 0.1) is 0 Å². The van der Waals surface area contributed by atoms with Gasteiger partial charge in [0, 0.05) is 12.1 Å². The minimum atomic E-state index is -1.32. The first-order valence-electron chi connectivity index (χ1n) is 10.7. The van der Waals surface area contributed by atoms with E-state index in [9.17, 15) is 20.4 Å². The lowest BCUT2D eigenvalue weighted by Crippen LogP contribution is -2.33. The third kappa shape index (κ3) is 3.80. The van der Waals surface area contributed by atoms with E-state index in [0.717, 1.165) is 16.7 Å². The number of nitrogen functional groups attached to an aromatic ring is 1. The summed E-state index contributed by atoms with van der Waals surface area (Å²) in [5.41, 5.74) is 9.16. The van der Waals surface area contributed by atoms with Gasteiger partial charge in [-0.1, -0.05) is 42.5 Å². The van der Waals surface area contributed by atoms with Crippen LogP contribution in [-0.4, -0.2) is 64.9 Å². The lowest BCUT2D eigenvalue weighted by atomic mass is 10.0. The summed E-state index contributed by atoms with van der Waals surface area (Å²) in [5, 5.41) is 43.6. The van der Waals surface area contributed by atoms with Crippen molar-refractivity contribution in [3.05, 3.63) is 60.4 Å². The van der Waals surface area contributed by atoms with Crippen LogP contribution in [0.25, 0.3) is 22.3 Å². The number of nitrogens with zero attached hydrogens (tertiary/aromatic N) is 4. The molecular formula is C23H24N6O5. The Bertz CT molecular complexity index is 1310. The smallest absolute Gasteiger partial charge is 0.207 e. The summed E-state index contributed by atoms with van der Waals surface area (Å²) in [7, 11) is 0. The molecule has 7 N–H and O–H groups in total. The second kappa shape index (κ2) is 8.88. The summed E-state index contributed by atoms with van der Waals surface area (Å²) in [6, 6.07) is 14.8. The number of hydrogen-bond acceptors (Lipinski definition) is 10. The molecule has 1 fully saturated rings. The number of rotatable bonds is 6. The number of fused-ring (bicyclic) bond motifs is 1. The number of aliphatic hydroxyl groups is 3. The van der Waals surface area contributed by atoms with E-state index in [-0.39, 0.29) is 11.6 Å². The molecule has 11 nitrogen and oxygen atoms in total. The van der Waals surface area contributed by atoms with E-state index in [0.29, 0.717) is 23.7 Å². The van der Waals surface area contributed by atoms with Gasteiger partial charge in [0.05, 0.1) is 6.61 Å². The number of phenolic OH excluding ortho intramolecular Hbond substituents is 1. The summed E-state index contributed by atoms with van der Waals surface area (Å²) >= 11 is 0. The Balaban J connectivity index is 1.44. The summed E-state index contributed by atoms with van der Waals surface area (Å²) in [6.07, 6.45) is -3.31. The first-order chi connectivity index (χ1) is 16.5. The van der Waals surface area contributed by atoms with Gasteiger partial charge in [-0.2, -0.15) is 0 Å². The van der Waals surface area contributed by atoms with Gasteiger partial charge in [0.2, 0.25) is 5.95 Å². The summed E-state index contributed by atoms with van der Waals surface area (Å²) < 4.78 is 7.21. The van der Waals surface area contributed by atoms with Crippen molar-refractivity contribution in [2.24, 2.45) is 0 Å². The molecule has 0 amide bonds. The molecular weight excluding hydrogens is 440 g/mol. The van der Waals surface area contributed by atoms with Gasteiger partial charge in [0.1, 0.15) is 30.4 Å². The molecule has 0 saturated carbocycles. The zero-order valence-electron chi connectivity index (χ0n) is 18.0. The molecule has 2 aromatic heterocycles. The number of phenols is 1. The van der Waals surface area contributed by atoms with Gasteiger partial charge in [0.15, 0.2) is 23.2 Å². The van der Waals surface area contributed by atoms with Gasteiger partial charge < -0.3 is 36.2 Å². The van der Waals surface area contributed by atoms with Crippen LogP contribution in [0.4, 0.5) is 11.8 Å². The second-order valence-corrected chi connectivity index (χ2v) is 8.03. The van der Waals surface area contributed by atoms with Crippen molar-refractivity contribution in [1.82, 2.24) is 19.5 Å². The van der Waals surface area contributed by atoms with E-state index in [1.807, 2.05) is 36.4 Å². The topological polar surface area (TPSA) is 172 Å². The minimum absolute atomic E-state index is 0.158. The van der Waals surface area contributed by atoms with Crippen LogP contribution in [-0.2, 0) is 11.3 Å². The zero-order valence-corrected chi connectivity index (χ0v) is 18.0. The summed E-state index contributed by atoms with van der Waals surface area (Å²) in [6.45, 7) is -0.0862. The van der Waals surface area contributed by atoms with Gasteiger partial charge >= 0.3 is 0 Å². The number of aliphatic hydroxyl groups excluding tert-OH is 3. The lowest BCUT2D eigenvalue weighted by molar-refractivity contribution is -0.0501. The van der Waals surface area contributed by atoms with Crippen molar-refractivity contribution in [2.75, 3.05) is 17.7 Å². The quantitative estimate of drug-likeness (QED) is 0.242. The zero-order chi connectivity index (χ0) is 23.8. The Morgan fingerprint density at radius 2 is 1.79 bits per heavy atom. The van der Waals surface area contributed by atoms with E-state index >= 15 is 0 Å². The van der Waals surface area contributed by atoms with Gasteiger partial charge in [-0.3, -0.25) is 4.57 Å².